The van der Waals surface area contributed by atoms with Crippen LogP contribution in [0.1, 0.15) is 47.1 Å². The van der Waals surface area contributed by atoms with Gasteiger partial charge in [-0.15, -0.1) is 5.53 Å². The molecule has 0 aliphatic carbocycles. The number of phenols is 2. The van der Waals surface area contributed by atoms with Crippen molar-refractivity contribution >= 4 is 23.3 Å². The van der Waals surface area contributed by atoms with Gasteiger partial charge in [-0.1, -0.05) is 13.8 Å². The fraction of sp³-hybridized carbons (Fsp3) is 0.565. The first-order valence-electron chi connectivity index (χ1n) is 11.5. The zero-order chi connectivity index (χ0) is 25.2. The molecule has 188 valence electrons. The molecule has 2 aromatic rings. The van der Waals surface area contributed by atoms with Crippen molar-refractivity contribution in [2.45, 2.75) is 66.2 Å². The monoisotopic (exact) mass is 475 g/mol. The third-order valence-electron chi connectivity index (χ3n) is 5.76. The molecule has 1 aliphatic rings. The van der Waals surface area contributed by atoms with Crippen LogP contribution in [0, 0.1) is 5.92 Å². The highest BCUT2D eigenvalue weighted by Gasteiger charge is 2.35. The van der Waals surface area contributed by atoms with Gasteiger partial charge in [-0.3, -0.25) is 10.0 Å². The highest BCUT2D eigenvalue weighted by atomic mass is 16.5. The molecule has 1 atom stereocenters. The summed E-state index contributed by atoms with van der Waals surface area (Å²) in [5.74, 6) is 1.44. The summed E-state index contributed by atoms with van der Waals surface area (Å²) in [6.45, 7) is 12.4. The van der Waals surface area contributed by atoms with Crippen LogP contribution in [0.5, 0.6) is 17.2 Å². The SMILES string of the molecule is COc1ccc(CNc2nc(N[C@@H](CO)C(C)C)nc3c2N(C(C)C)NN3C(C)C)c(O)c1O. The van der Waals surface area contributed by atoms with E-state index in [1.54, 1.807) is 12.1 Å². The number of hydrazine groups is 2. The number of aliphatic hydroxyl groups excluding tert-OH is 1. The van der Waals surface area contributed by atoms with E-state index < -0.39 is 0 Å². The molecule has 0 radical (unpaired) electrons. The molecule has 1 aliphatic heterocycles. The maximum Gasteiger partial charge on any atom is 0.227 e. The smallest absolute Gasteiger partial charge is 0.227 e. The second-order valence-electron chi connectivity index (χ2n) is 9.25. The molecule has 3 rings (SSSR count). The summed E-state index contributed by atoms with van der Waals surface area (Å²) in [6, 6.07) is 3.28. The van der Waals surface area contributed by atoms with Crippen molar-refractivity contribution in [3.8, 4) is 17.2 Å². The number of phenolic OH excluding ortho intramolecular Hbond substituents is 2. The number of aromatic hydroxyl groups is 2. The highest BCUT2D eigenvalue weighted by molar-refractivity contribution is 5.83. The van der Waals surface area contributed by atoms with E-state index in [0.717, 1.165) is 5.69 Å². The normalized spacial score (nSPS) is 14.2. The van der Waals surface area contributed by atoms with Crippen LogP contribution in [-0.4, -0.2) is 57.1 Å². The van der Waals surface area contributed by atoms with E-state index in [1.165, 1.54) is 7.11 Å². The van der Waals surface area contributed by atoms with Crippen molar-refractivity contribution in [1.82, 2.24) is 15.5 Å². The predicted molar refractivity (Wildman–Crippen MR) is 133 cm³/mol. The van der Waals surface area contributed by atoms with Crippen LogP contribution in [0.3, 0.4) is 0 Å². The lowest BCUT2D eigenvalue weighted by molar-refractivity contribution is 0.248. The second-order valence-corrected chi connectivity index (χ2v) is 9.25. The topological polar surface area (TPSA) is 138 Å². The first-order valence-corrected chi connectivity index (χ1v) is 11.5. The van der Waals surface area contributed by atoms with Gasteiger partial charge in [-0.25, -0.2) is 0 Å². The number of rotatable bonds is 10. The molecule has 1 aromatic heterocycles. The van der Waals surface area contributed by atoms with Crippen molar-refractivity contribution in [2.24, 2.45) is 5.92 Å². The minimum Gasteiger partial charge on any atom is -0.504 e. The summed E-state index contributed by atoms with van der Waals surface area (Å²) in [7, 11) is 1.43. The number of aliphatic hydroxyl groups is 1. The van der Waals surface area contributed by atoms with E-state index in [2.05, 4.69) is 43.9 Å². The van der Waals surface area contributed by atoms with Gasteiger partial charge in [0, 0.05) is 24.2 Å². The van der Waals surface area contributed by atoms with Crippen LogP contribution in [0.15, 0.2) is 12.1 Å². The number of ether oxygens (including phenoxy) is 1. The van der Waals surface area contributed by atoms with Gasteiger partial charge in [0.2, 0.25) is 11.7 Å². The van der Waals surface area contributed by atoms with E-state index in [0.29, 0.717) is 23.1 Å². The Labute approximate surface area is 200 Å². The number of aromatic nitrogens is 2. The van der Waals surface area contributed by atoms with Crippen molar-refractivity contribution < 1.29 is 20.1 Å². The number of nitrogens with one attached hydrogen (secondary N) is 3. The van der Waals surface area contributed by atoms with Crippen LogP contribution in [0.25, 0.3) is 0 Å². The van der Waals surface area contributed by atoms with Gasteiger partial charge in [0.15, 0.2) is 23.1 Å². The van der Waals surface area contributed by atoms with E-state index in [9.17, 15) is 15.3 Å². The molecule has 2 heterocycles. The lowest BCUT2D eigenvalue weighted by Crippen LogP contribution is -2.50. The molecular weight excluding hydrogens is 438 g/mol. The van der Waals surface area contributed by atoms with Crippen molar-refractivity contribution in [3.63, 3.8) is 0 Å². The summed E-state index contributed by atoms with van der Waals surface area (Å²) >= 11 is 0. The maximum atomic E-state index is 10.4. The average Bonchev–Trinajstić information content (AvgIpc) is 3.18. The average molecular weight is 476 g/mol. The van der Waals surface area contributed by atoms with Gasteiger partial charge in [0.25, 0.3) is 0 Å². The Balaban J connectivity index is 2.04. The first-order chi connectivity index (χ1) is 16.1. The molecule has 0 spiro atoms. The van der Waals surface area contributed by atoms with E-state index in [1.807, 2.05) is 23.9 Å². The quantitative estimate of drug-likeness (QED) is 0.283. The number of fused-ring (bicyclic) bond motifs is 1. The third kappa shape index (κ3) is 5.00. The van der Waals surface area contributed by atoms with Crippen molar-refractivity contribution in [1.29, 1.82) is 0 Å². The van der Waals surface area contributed by atoms with Crippen LogP contribution >= 0.6 is 0 Å². The zero-order valence-corrected chi connectivity index (χ0v) is 20.9. The zero-order valence-electron chi connectivity index (χ0n) is 20.9. The highest BCUT2D eigenvalue weighted by Crippen LogP contribution is 2.42. The molecule has 0 fully saturated rings. The predicted octanol–water partition coefficient (Wildman–Crippen LogP) is 2.80. The number of benzene rings is 1. The van der Waals surface area contributed by atoms with Crippen LogP contribution in [0.2, 0.25) is 0 Å². The number of hydrogen-bond acceptors (Lipinski definition) is 11. The number of nitrogens with zero attached hydrogens (tertiary/aromatic N) is 4. The summed E-state index contributed by atoms with van der Waals surface area (Å²) in [6.07, 6.45) is 0. The molecule has 0 amide bonds. The van der Waals surface area contributed by atoms with Crippen LogP contribution in [-0.2, 0) is 6.54 Å². The summed E-state index contributed by atoms with van der Waals surface area (Å²) in [5, 5.41) is 40.9. The number of anilines is 4. The molecule has 11 nitrogen and oxygen atoms in total. The molecule has 0 saturated heterocycles. The number of hydrogen-bond donors (Lipinski definition) is 6. The molecule has 11 heteroatoms. The molecule has 1 aromatic carbocycles. The van der Waals surface area contributed by atoms with Crippen molar-refractivity contribution in [3.05, 3.63) is 17.7 Å². The van der Waals surface area contributed by atoms with Gasteiger partial charge in [-0.2, -0.15) is 9.97 Å². The van der Waals surface area contributed by atoms with Crippen LogP contribution < -0.4 is 30.9 Å². The number of methoxy groups -OCH3 is 1. The Bertz CT molecular complexity index is 1000. The lowest BCUT2D eigenvalue weighted by Gasteiger charge is -2.27. The third-order valence-corrected chi connectivity index (χ3v) is 5.76. The maximum absolute atomic E-state index is 10.4. The van der Waals surface area contributed by atoms with Gasteiger partial charge >= 0.3 is 0 Å². The second kappa shape index (κ2) is 10.4. The van der Waals surface area contributed by atoms with E-state index in [-0.39, 0.29) is 54.4 Å². The molecule has 0 bridgehead atoms. The van der Waals surface area contributed by atoms with E-state index in [4.69, 9.17) is 14.7 Å². The molecule has 0 unspecified atom stereocenters. The molecule has 6 N–H and O–H groups in total. The summed E-state index contributed by atoms with van der Waals surface area (Å²) in [5.41, 5.74) is 4.65. The Hall–Kier alpha value is -3.18. The standard InChI is InChI=1S/C23H37N7O4/c1-12(2)16(11-31)25-23-26-21(24-10-15-8-9-17(34-7)20(33)19(15)32)18-22(27-23)30(14(5)6)28-29(18)13(3)4/h8-9,12-14,16,28,31-33H,10-11H2,1-7H3,(H2,24,25,26,27)/t16-/m0/s1. The Morgan fingerprint density at radius 3 is 2.24 bits per heavy atom. The fourth-order valence-electron chi connectivity index (χ4n) is 3.65. The Kier molecular flexibility index (Phi) is 7.78. The molecule has 34 heavy (non-hydrogen) atoms. The largest absolute Gasteiger partial charge is 0.504 e. The molecule has 0 saturated carbocycles. The Morgan fingerprint density at radius 1 is 1.00 bits per heavy atom. The minimum absolute atomic E-state index is 0.0515. The Morgan fingerprint density at radius 2 is 1.68 bits per heavy atom. The van der Waals surface area contributed by atoms with Crippen LogP contribution in [0.4, 0.5) is 23.3 Å². The van der Waals surface area contributed by atoms with Gasteiger partial charge in [-0.05, 0) is 45.7 Å². The first kappa shape index (κ1) is 25.4. The lowest BCUT2D eigenvalue weighted by atomic mass is 10.1. The van der Waals surface area contributed by atoms with Crippen molar-refractivity contribution in [2.75, 3.05) is 34.4 Å². The summed E-state index contributed by atoms with van der Waals surface area (Å²) in [4.78, 5) is 9.49. The van der Waals surface area contributed by atoms with Gasteiger partial charge in [0.1, 0.15) is 5.69 Å². The minimum atomic E-state index is -0.309. The summed E-state index contributed by atoms with van der Waals surface area (Å²) < 4.78 is 5.06. The fourth-order valence-corrected chi connectivity index (χ4v) is 3.65. The van der Waals surface area contributed by atoms with Gasteiger partial charge in [0.05, 0.1) is 19.8 Å². The molecular formula is C23H37N7O4. The van der Waals surface area contributed by atoms with E-state index >= 15 is 0 Å². The van der Waals surface area contributed by atoms with Gasteiger partial charge < -0.3 is 30.7 Å².